The summed E-state index contributed by atoms with van der Waals surface area (Å²) >= 11 is 6.29. The first-order valence-corrected chi connectivity index (χ1v) is 5.91. The van der Waals surface area contributed by atoms with E-state index in [1.807, 2.05) is 6.07 Å². The fraction of sp³-hybridized carbons (Fsp3) is 0.500. The summed E-state index contributed by atoms with van der Waals surface area (Å²) in [6.07, 6.45) is 1.19. The number of fused-ring (bicyclic) bond motifs is 3. The summed E-state index contributed by atoms with van der Waals surface area (Å²) in [7, 11) is 0. The second-order valence-electron chi connectivity index (χ2n) is 4.50. The van der Waals surface area contributed by atoms with E-state index in [1.165, 1.54) is 23.2 Å². The molecule has 3 rings (SSSR count). The predicted octanol–water partition coefficient (Wildman–Crippen LogP) is 2.52. The highest BCUT2D eigenvalue weighted by molar-refractivity contribution is 6.32. The van der Waals surface area contributed by atoms with Gasteiger partial charge >= 0.3 is 0 Å². The maximum atomic E-state index is 6.29. The number of benzene rings is 1. The average Bonchev–Trinajstić information content (AvgIpc) is 2.64. The van der Waals surface area contributed by atoms with Gasteiger partial charge in [0.1, 0.15) is 0 Å². The van der Waals surface area contributed by atoms with E-state index >= 15 is 0 Å². The van der Waals surface area contributed by atoms with E-state index in [1.54, 1.807) is 0 Å². The van der Waals surface area contributed by atoms with Crippen LogP contribution in [-0.4, -0.2) is 19.1 Å². The Morgan fingerprint density at radius 2 is 2.27 bits per heavy atom. The molecular formula is C12H15ClN2. The lowest BCUT2D eigenvalue weighted by Gasteiger charge is -2.26. The number of anilines is 1. The van der Waals surface area contributed by atoms with Gasteiger partial charge in [0.25, 0.3) is 0 Å². The fourth-order valence-electron chi connectivity index (χ4n) is 2.78. The second kappa shape index (κ2) is 3.39. The number of nitrogens with one attached hydrogen (secondary N) is 2. The molecule has 0 radical (unpaired) electrons. The quantitative estimate of drug-likeness (QED) is 0.705. The van der Waals surface area contributed by atoms with Gasteiger partial charge in [-0.3, -0.25) is 0 Å². The molecular weight excluding hydrogens is 208 g/mol. The SMILES string of the molecule is Cc1ccc(Cl)c2c1N[C@@H]1CCNC[C@H]21. The van der Waals surface area contributed by atoms with Gasteiger partial charge in [0.15, 0.2) is 0 Å². The molecule has 2 aliphatic heterocycles. The van der Waals surface area contributed by atoms with Gasteiger partial charge in [-0.15, -0.1) is 0 Å². The van der Waals surface area contributed by atoms with Gasteiger partial charge in [-0.05, 0) is 31.5 Å². The van der Waals surface area contributed by atoms with Crippen LogP contribution in [0.15, 0.2) is 12.1 Å². The van der Waals surface area contributed by atoms with Crippen LogP contribution in [0.3, 0.4) is 0 Å². The highest BCUT2D eigenvalue weighted by Crippen LogP contribution is 2.43. The summed E-state index contributed by atoms with van der Waals surface area (Å²) in [5.41, 5.74) is 3.92. The van der Waals surface area contributed by atoms with E-state index in [-0.39, 0.29) is 0 Å². The van der Waals surface area contributed by atoms with Crippen LogP contribution in [0.25, 0.3) is 0 Å². The molecule has 2 atom stereocenters. The first-order chi connectivity index (χ1) is 7.27. The maximum Gasteiger partial charge on any atom is 0.0462 e. The van der Waals surface area contributed by atoms with Crippen molar-refractivity contribution in [1.82, 2.24) is 5.32 Å². The zero-order valence-electron chi connectivity index (χ0n) is 8.81. The van der Waals surface area contributed by atoms with Crippen LogP contribution >= 0.6 is 11.6 Å². The van der Waals surface area contributed by atoms with Crippen LogP contribution in [0.2, 0.25) is 5.02 Å². The van der Waals surface area contributed by atoms with E-state index in [9.17, 15) is 0 Å². The smallest absolute Gasteiger partial charge is 0.0462 e. The number of halogens is 1. The van der Waals surface area contributed by atoms with Crippen molar-refractivity contribution >= 4 is 17.3 Å². The molecule has 2 aliphatic rings. The third-order valence-corrected chi connectivity index (χ3v) is 3.91. The summed E-state index contributed by atoms with van der Waals surface area (Å²) in [5.74, 6) is 0.557. The molecule has 0 spiro atoms. The Morgan fingerprint density at radius 3 is 3.13 bits per heavy atom. The standard InChI is InChI=1S/C12H15ClN2/c1-7-2-3-9(13)11-8-6-14-5-4-10(8)15-12(7)11/h2-3,8,10,14-15H,4-6H2,1H3/t8-,10+/m0/s1. The van der Waals surface area contributed by atoms with Crippen molar-refractivity contribution in [3.05, 3.63) is 28.3 Å². The lowest BCUT2D eigenvalue weighted by Crippen LogP contribution is -2.38. The molecule has 1 fully saturated rings. The number of rotatable bonds is 0. The molecule has 0 unspecified atom stereocenters. The topological polar surface area (TPSA) is 24.1 Å². The molecule has 0 bridgehead atoms. The summed E-state index contributed by atoms with van der Waals surface area (Å²) in [4.78, 5) is 0. The molecule has 0 amide bonds. The van der Waals surface area contributed by atoms with Crippen LogP contribution in [0.4, 0.5) is 5.69 Å². The van der Waals surface area contributed by atoms with Crippen molar-refractivity contribution in [3.63, 3.8) is 0 Å². The lowest BCUT2D eigenvalue weighted by atomic mass is 9.90. The van der Waals surface area contributed by atoms with Gasteiger partial charge in [0.2, 0.25) is 0 Å². The molecule has 0 saturated carbocycles. The molecule has 1 aromatic rings. The number of hydrogen-bond donors (Lipinski definition) is 2. The number of aryl methyl sites for hydroxylation is 1. The molecule has 0 aliphatic carbocycles. The minimum absolute atomic E-state index is 0.557. The predicted molar refractivity (Wildman–Crippen MR) is 63.8 cm³/mol. The number of hydrogen-bond acceptors (Lipinski definition) is 2. The van der Waals surface area contributed by atoms with Crippen molar-refractivity contribution in [2.45, 2.75) is 25.3 Å². The first kappa shape index (κ1) is 9.49. The summed E-state index contributed by atoms with van der Waals surface area (Å²) in [6.45, 7) is 4.31. The molecule has 80 valence electrons. The summed E-state index contributed by atoms with van der Waals surface area (Å²) in [6, 6.07) is 4.70. The van der Waals surface area contributed by atoms with Crippen molar-refractivity contribution < 1.29 is 0 Å². The third kappa shape index (κ3) is 1.35. The van der Waals surface area contributed by atoms with Crippen molar-refractivity contribution in [2.24, 2.45) is 0 Å². The minimum atomic E-state index is 0.557. The highest BCUT2D eigenvalue weighted by Gasteiger charge is 2.36. The van der Waals surface area contributed by atoms with E-state index in [0.717, 1.165) is 18.1 Å². The van der Waals surface area contributed by atoms with Crippen molar-refractivity contribution in [2.75, 3.05) is 18.4 Å². The monoisotopic (exact) mass is 222 g/mol. The maximum absolute atomic E-state index is 6.29. The van der Waals surface area contributed by atoms with Crippen molar-refractivity contribution in [3.8, 4) is 0 Å². The van der Waals surface area contributed by atoms with E-state index in [2.05, 4.69) is 23.6 Å². The molecule has 1 saturated heterocycles. The number of piperidine rings is 1. The Kier molecular flexibility index (Phi) is 2.15. The van der Waals surface area contributed by atoms with Gasteiger partial charge in [-0.25, -0.2) is 0 Å². The van der Waals surface area contributed by atoms with E-state index < -0.39 is 0 Å². The Hall–Kier alpha value is -0.730. The van der Waals surface area contributed by atoms with Crippen LogP contribution < -0.4 is 10.6 Å². The van der Waals surface area contributed by atoms with Gasteiger partial charge in [-0.2, -0.15) is 0 Å². The molecule has 2 N–H and O–H groups in total. The molecule has 2 nitrogen and oxygen atoms in total. The largest absolute Gasteiger partial charge is 0.381 e. The fourth-order valence-corrected chi connectivity index (χ4v) is 3.07. The Morgan fingerprint density at radius 1 is 1.40 bits per heavy atom. The molecule has 0 aromatic heterocycles. The molecule has 15 heavy (non-hydrogen) atoms. The molecule has 2 heterocycles. The summed E-state index contributed by atoms with van der Waals surface area (Å²) < 4.78 is 0. The van der Waals surface area contributed by atoms with Crippen LogP contribution in [0, 0.1) is 6.92 Å². The first-order valence-electron chi connectivity index (χ1n) is 5.53. The van der Waals surface area contributed by atoms with Gasteiger partial charge in [0.05, 0.1) is 0 Å². The normalized spacial score (nSPS) is 28.1. The van der Waals surface area contributed by atoms with Gasteiger partial charge in [-0.1, -0.05) is 17.7 Å². The zero-order chi connectivity index (χ0) is 10.4. The lowest BCUT2D eigenvalue weighted by molar-refractivity contribution is 0.440. The van der Waals surface area contributed by atoms with Crippen LogP contribution in [0.1, 0.15) is 23.5 Å². The average molecular weight is 223 g/mol. The molecule has 3 heteroatoms. The Balaban J connectivity index is 2.11. The van der Waals surface area contributed by atoms with Crippen LogP contribution in [0.5, 0.6) is 0 Å². The van der Waals surface area contributed by atoms with E-state index in [0.29, 0.717) is 12.0 Å². The minimum Gasteiger partial charge on any atom is -0.381 e. The van der Waals surface area contributed by atoms with Crippen LogP contribution in [-0.2, 0) is 0 Å². The van der Waals surface area contributed by atoms with Gasteiger partial charge < -0.3 is 10.6 Å². The zero-order valence-corrected chi connectivity index (χ0v) is 9.56. The Bertz CT molecular complexity index is 403. The second-order valence-corrected chi connectivity index (χ2v) is 4.91. The summed E-state index contributed by atoms with van der Waals surface area (Å²) in [5, 5.41) is 7.98. The third-order valence-electron chi connectivity index (χ3n) is 3.58. The molecule has 1 aromatic carbocycles. The van der Waals surface area contributed by atoms with E-state index in [4.69, 9.17) is 11.6 Å². The van der Waals surface area contributed by atoms with Gasteiger partial charge in [0, 0.05) is 34.8 Å². The highest BCUT2D eigenvalue weighted by atomic mass is 35.5. The Labute approximate surface area is 95.0 Å². The van der Waals surface area contributed by atoms with Crippen molar-refractivity contribution in [1.29, 1.82) is 0 Å².